The van der Waals surface area contributed by atoms with E-state index in [0.29, 0.717) is 38.4 Å². The second kappa shape index (κ2) is 7.49. The summed E-state index contributed by atoms with van der Waals surface area (Å²) in [4.78, 5) is 25.9. The summed E-state index contributed by atoms with van der Waals surface area (Å²) in [7, 11) is 2.41. The molecule has 0 unspecified atom stereocenters. The minimum absolute atomic E-state index is 0.00952. The molecule has 164 valence electrons. The molecule has 2 heterocycles. The summed E-state index contributed by atoms with van der Waals surface area (Å²) >= 11 is 3.47. The molecule has 2 aliphatic heterocycles. The lowest BCUT2D eigenvalue weighted by molar-refractivity contribution is 0.0598. The number of fused-ring (bicyclic) bond motifs is 3. The lowest BCUT2D eigenvalue weighted by Crippen LogP contribution is -2.12. The van der Waals surface area contributed by atoms with Crippen LogP contribution in [0, 0.1) is 0 Å². The van der Waals surface area contributed by atoms with E-state index in [2.05, 4.69) is 15.9 Å². The van der Waals surface area contributed by atoms with Crippen LogP contribution in [0.5, 0.6) is 28.7 Å². The molecule has 5 rings (SSSR count). The third-order valence-electron chi connectivity index (χ3n) is 5.28. The summed E-state index contributed by atoms with van der Waals surface area (Å²) < 4.78 is 32.2. The molecule has 0 atom stereocenters. The number of phenolic OH excluding ortho intramolecular Hbond substituents is 1. The first-order valence-corrected chi connectivity index (χ1v) is 10.1. The van der Waals surface area contributed by atoms with Crippen molar-refractivity contribution in [3.05, 3.63) is 39.9 Å². The molecule has 2 aliphatic rings. The fraction of sp³-hybridized carbons (Fsp3) is 0.182. The highest BCUT2D eigenvalue weighted by atomic mass is 79.9. The fourth-order valence-corrected chi connectivity index (χ4v) is 4.37. The topological polar surface area (TPSA) is 110 Å². The van der Waals surface area contributed by atoms with E-state index in [-0.39, 0.29) is 41.4 Å². The number of rotatable bonds is 3. The van der Waals surface area contributed by atoms with Gasteiger partial charge in [0.15, 0.2) is 23.0 Å². The molecule has 32 heavy (non-hydrogen) atoms. The molecule has 10 heteroatoms. The van der Waals surface area contributed by atoms with Gasteiger partial charge in [-0.05, 0) is 24.3 Å². The zero-order valence-corrected chi connectivity index (χ0v) is 18.4. The van der Waals surface area contributed by atoms with Crippen molar-refractivity contribution in [1.82, 2.24) is 0 Å². The van der Waals surface area contributed by atoms with Crippen LogP contribution in [0.4, 0.5) is 0 Å². The molecule has 3 aromatic rings. The Hall–Kier alpha value is -3.66. The molecule has 0 radical (unpaired) electrons. The van der Waals surface area contributed by atoms with Crippen molar-refractivity contribution < 1.29 is 43.1 Å². The summed E-state index contributed by atoms with van der Waals surface area (Å²) in [5.74, 6) is -0.267. The van der Waals surface area contributed by atoms with Crippen molar-refractivity contribution in [2.45, 2.75) is 0 Å². The van der Waals surface area contributed by atoms with Crippen LogP contribution >= 0.6 is 15.9 Å². The van der Waals surface area contributed by atoms with Crippen LogP contribution in [0.2, 0.25) is 0 Å². The van der Waals surface area contributed by atoms with Gasteiger partial charge in [-0.2, -0.15) is 0 Å². The molecule has 1 N–H and O–H groups in total. The maximum absolute atomic E-state index is 13.0. The van der Waals surface area contributed by atoms with E-state index in [0.717, 1.165) is 0 Å². The molecular weight excluding hydrogens is 488 g/mol. The van der Waals surface area contributed by atoms with E-state index >= 15 is 0 Å². The van der Waals surface area contributed by atoms with E-state index in [1.807, 2.05) is 0 Å². The summed E-state index contributed by atoms with van der Waals surface area (Å²) in [5.41, 5.74) is 0.333. The lowest BCUT2D eigenvalue weighted by atomic mass is 9.88. The van der Waals surface area contributed by atoms with Crippen LogP contribution in [0.25, 0.3) is 21.9 Å². The number of benzene rings is 3. The number of carbonyl (C=O) groups is 2. The van der Waals surface area contributed by atoms with Crippen molar-refractivity contribution in [3.8, 4) is 39.9 Å². The zero-order chi connectivity index (χ0) is 22.6. The van der Waals surface area contributed by atoms with Crippen molar-refractivity contribution in [3.63, 3.8) is 0 Å². The van der Waals surface area contributed by atoms with Gasteiger partial charge in [-0.15, -0.1) is 0 Å². The highest BCUT2D eigenvalue weighted by molar-refractivity contribution is 9.10. The van der Waals surface area contributed by atoms with Gasteiger partial charge in [0.1, 0.15) is 11.3 Å². The highest BCUT2D eigenvalue weighted by Gasteiger charge is 2.33. The second-order valence-corrected chi connectivity index (χ2v) is 7.75. The second-order valence-electron chi connectivity index (χ2n) is 6.89. The number of ether oxygens (including phenoxy) is 6. The SMILES string of the molecule is COC(=O)c1c(-c2cc3c(cc2Br)OCO3)c(C(=O)OC)c2cc3c(cc2c1O)OCO3. The molecule has 0 aromatic heterocycles. The fourth-order valence-electron chi connectivity index (χ4n) is 3.85. The van der Waals surface area contributed by atoms with E-state index in [9.17, 15) is 14.7 Å². The van der Waals surface area contributed by atoms with E-state index < -0.39 is 11.9 Å². The number of hydrogen-bond donors (Lipinski definition) is 1. The van der Waals surface area contributed by atoms with E-state index in [1.54, 1.807) is 18.2 Å². The number of halogens is 1. The zero-order valence-electron chi connectivity index (χ0n) is 16.8. The minimum Gasteiger partial charge on any atom is -0.506 e. The minimum atomic E-state index is -0.841. The smallest absolute Gasteiger partial charge is 0.342 e. The molecule has 0 bridgehead atoms. The summed E-state index contributed by atoms with van der Waals surface area (Å²) in [6.07, 6.45) is 0. The molecular formula is C22H15BrO9. The molecule has 0 saturated heterocycles. The molecule has 0 amide bonds. The van der Waals surface area contributed by atoms with Crippen molar-refractivity contribution >= 4 is 38.6 Å². The summed E-state index contributed by atoms with van der Waals surface area (Å²) in [5, 5.41) is 11.7. The van der Waals surface area contributed by atoms with Gasteiger partial charge in [0, 0.05) is 26.4 Å². The van der Waals surface area contributed by atoms with Crippen LogP contribution in [0.3, 0.4) is 0 Å². The van der Waals surface area contributed by atoms with Gasteiger partial charge in [-0.3, -0.25) is 0 Å². The Morgan fingerprint density at radius 2 is 1.31 bits per heavy atom. The number of phenols is 1. The molecule has 0 aliphatic carbocycles. The lowest BCUT2D eigenvalue weighted by Gasteiger charge is -2.19. The van der Waals surface area contributed by atoms with Crippen LogP contribution in [0.15, 0.2) is 28.7 Å². The van der Waals surface area contributed by atoms with Crippen LogP contribution in [-0.2, 0) is 9.47 Å². The van der Waals surface area contributed by atoms with E-state index in [1.165, 1.54) is 20.3 Å². The Morgan fingerprint density at radius 1 is 0.812 bits per heavy atom. The van der Waals surface area contributed by atoms with Gasteiger partial charge in [-0.1, -0.05) is 15.9 Å². The van der Waals surface area contributed by atoms with Gasteiger partial charge >= 0.3 is 11.9 Å². The Morgan fingerprint density at radius 3 is 1.91 bits per heavy atom. The normalized spacial score (nSPS) is 13.3. The predicted molar refractivity (Wildman–Crippen MR) is 114 cm³/mol. The van der Waals surface area contributed by atoms with Gasteiger partial charge < -0.3 is 33.5 Å². The average Bonchev–Trinajstić information content (AvgIpc) is 3.44. The first kappa shape index (κ1) is 20.3. The first-order chi connectivity index (χ1) is 15.4. The molecule has 0 spiro atoms. The van der Waals surface area contributed by atoms with Crippen molar-refractivity contribution in [2.24, 2.45) is 0 Å². The van der Waals surface area contributed by atoms with Crippen molar-refractivity contribution in [2.75, 3.05) is 27.8 Å². The van der Waals surface area contributed by atoms with Crippen molar-refractivity contribution in [1.29, 1.82) is 0 Å². The third-order valence-corrected chi connectivity index (χ3v) is 5.94. The Bertz CT molecular complexity index is 1320. The predicted octanol–water partition coefficient (Wildman–Crippen LogP) is 4.01. The Kier molecular flexibility index (Phi) is 4.74. The standard InChI is InChI=1S/C22H15BrO9/c1-27-21(25)18-9-3-13-14(30-7-29-13)4-10(9)20(24)19(22(26)28-2)17(18)11-5-15-16(6-12(11)23)32-8-31-15/h3-6,24H,7-8H2,1-2H3. The summed E-state index contributed by atoms with van der Waals surface area (Å²) in [6, 6.07) is 6.33. The van der Waals surface area contributed by atoms with Gasteiger partial charge in [0.05, 0.1) is 19.8 Å². The van der Waals surface area contributed by atoms with Gasteiger partial charge in [0.2, 0.25) is 13.6 Å². The number of carbonyl (C=O) groups excluding carboxylic acids is 2. The highest BCUT2D eigenvalue weighted by Crippen LogP contribution is 2.49. The molecule has 3 aromatic carbocycles. The number of hydrogen-bond acceptors (Lipinski definition) is 9. The quantitative estimate of drug-likeness (QED) is 0.531. The number of esters is 2. The molecule has 9 nitrogen and oxygen atoms in total. The largest absolute Gasteiger partial charge is 0.506 e. The Balaban J connectivity index is 1.96. The Labute approximate surface area is 189 Å². The number of methoxy groups -OCH3 is 2. The monoisotopic (exact) mass is 502 g/mol. The maximum Gasteiger partial charge on any atom is 0.342 e. The van der Waals surface area contributed by atoms with Crippen LogP contribution in [-0.4, -0.2) is 44.9 Å². The van der Waals surface area contributed by atoms with E-state index in [4.69, 9.17) is 28.4 Å². The van der Waals surface area contributed by atoms with Gasteiger partial charge in [0.25, 0.3) is 0 Å². The first-order valence-electron chi connectivity index (χ1n) is 9.33. The third kappa shape index (κ3) is 2.90. The molecule has 0 saturated carbocycles. The van der Waals surface area contributed by atoms with Crippen LogP contribution in [0.1, 0.15) is 20.7 Å². The average molecular weight is 503 g/mol. The summed E-state index contributed by atoms with van der Waals surface area (Å²) in [6.45, 7) is 0.0236. The van der Waals surface area contributed by atoms with Crippen LogP contribution < -0.4 is 18.9 Å². The maximum atomic E-state index is 13.0. The van der Waals surface area contributed by atoms with Gasteiger partial charge in [-0.25, -0.2) is 9.59 Å². The number of aromatic hydroxyl groups is 1. The molecule has 0 fully saturated rings.